The van der Waals surface area contributed by atoms with E-state index in [1.54, 1.807) is 6.07 Å². The highest BCUT2D eigenvalue weighted by molar-refractivity contribution is 5.92. The largest absolute Gasteiger partial charge is 0.481 e. The fourth-order valence-electron chi connectivity index (χ4n) is 1.34. The van der Waals surface area contributed by atoms with E-state index in [1.165, 1.54) is 11.1 Å². The van der Waals surface area contributed by atoms with Gasteiger partial charge in [-0.15, -0.1) is 0 Å². The second-order valence-electron chi connectivity index (χ2n) is 3.71. The quantitative estimate of drug-likeness (QED) is 0.773. The smallest absolute Gasteiger partial charge is 0.305 e. The van der Waals surface area contributed by atoms with Crippen molar-refractivity contribution in [1.29, 1.82) is 0 Å². The number of nitrogens with one attached hydrogen (secondary N) is 1. The van der Waals surface area contributed by atoms with Crippen molar-refractivity contribution in [3.63, 3.8) is 0 Å². The van der Waals surface area contributed by atoms with E-state index in [1.807, 2.05) is 13.8 Å². The highest BCUT2D eigenvalue weighted by Crippen LogP contribution is 2.06. The molecule has 1 rings (SSSR count). The van der Waals surface area contributed by atoms with Gasteiger partial charge < -0.3 is 10.0 Å². The van der Waals surface area contributed by atoms with Gasteiger partial charge in [0.2, 0.25) is 0 Å². The number of carbonyl (C=O) groups excluding carboxylic acids is 1. The van der Waals surface area contributed by atoms with Crippen LogP contribution in [-0.4, -0.2) is 44.7 Å². The Hall–Kier alpha value is -1.85. The van der Waals surface area contributed by atoms with Crippen LogP contribution in [0.25, 0.3) is 0 Å². The number of hydrogen-bond acceptors (Lipinski definition) is 3. The van der Waals surface area contributed by atoms with Gasteiger partial charge in [0.05, 0.1) is 6.42 Å². The molecule has 0 fully saturated rings. The van der Waals surface area contributed by atoms with Crippen molar-refractivity contribution >= 4 is 11.9 Å². The van der Waals surface area contributed by atoms with Crippen LogP contribution in [0.15, 0.2) is 12.3 Å². The van der Waals surface area contributed by atoms with Gasteiger partial charge in [0.15, 0.2) is 0 Å². The Morgan fingerprint density at radius 3 is 2.69 bits per heavy atom. The molecule has 0 radical (unpaired) electrons. The number of carboxylic acid groups (broad SMARTS) is 1. The number of carboxylic acids is 1. The van der Waals surface area contributed by atoms with Crippen molar-refractivity contribution in [2.45, 2.75) is 26.3 Å². The highest BCUT2D eigenvalue weighted by atomic mass is 16.4. The third-order valence-electron chi connectivity index (χ3n) is 2.18. The first-order valence-electron chi connectivity index (χ1n) is 5.04. The number of nitrogens with zero attached hydrogens (tertiary/aromatic N) is 2. The van der Waals surface area contributed by atoms with Gasteiger partial charge in [0.25, 0.3) is 5.91 Å². The van der Waals surface area contributed by atoms with E-state index in [0.717, 1.165) is 0 Å². The van der Waals surface area contributed by atoms with E-state index < -0.39 is 5.97 Å². The Morgan fingerprint density at radius 1 is 1.56 bits per heavy atom. The third-order valence-corrected chi connectivity index (χ3v) is 2.18. The molecule has 0 saturated heterocycles. The lowest BCUT2D eigenvalue weighted by Gasteiger charge is -2.25. The second kappa shape index (κ2) is 5.29. The topological polar surface area (TPSA) is 86.3 Å². The lowest BCUT2D eigenvalue weighted by Crippen LogP contribution is -2.38. The maximum absolute atomic E-state index is 11.9. The zero-order valence-corrected chi connectivity index (χ0v) is 9.30. The standard InChI is InChI=1S/C10H15N3O3/c1-7(2)13(6-4-9(14)15)10(16)8-3-5-11-12-8/h3,5,7H,4,6H2,1-2H3,(H,11,12)(H,14,15). The van der Waals surface area contributed by atoms with Crippen molar-refractivity contribution in [1.82, 2.24) is 15.1 Å². The van der Waals surface area contributed by atoms with Crippen LogP contribution in [0.4, 0.5) is 0 Å². The zero-order valence-electron chi connectivity index (χ0n) is 9.30. The van der Waals surface area contributed by atoms with E-state index in [0.29, 0.717) is 5.69 Å². The molecule has 0 atom stereocenters. The van der Waals surface area contributed by atoms with Crippen molar-refractivity contribution < 1.29 is 14.7 Å². The first kappa shape index (κ1) is 12.2. The summed E-state index contributed by atoms with van der Waals surface area (Å²) in [6.07, 6.45) is 1.43. The molecule has 0 aliphatic heterocycles. The number of aromatic nitrogens is 2. The Kier molecular flexibility index (Phi) is 4.04. The van der Waals surface area contributed by atoms with Gasteiger partial charge in [0.1, 0.15) is 5.69 Å². The summed E-state index contributed by atoms with van der Waals surface area (Å²) in [5.41, 5.74) is 0.374. The minimum Gasteiger partial charge on any atom is -0.481 e. The summed E-state index contributed by atoms with van der Waals surface area (Å²) in [5, 5.41) is 14.9. The monoisotopic (exact) mass is 225 g/mol. The number of carbonyl (C=O) groups is 2. The molecule has 0 spiro atoms. The number of hydrogen-bond donors (Lipinski definition) is 2. The lowest BCUT2D eigenvalue weighted by molar-refractivity contribution is -0.137. The summed E-state index contributed by atoms with van der Waals surface area (Å²) < 4.78 is 0. The molecule has 0 aliphatic rings. The first-order valence-corrected chi connectivity index (χ1v) is 5.04. The van der Waals surface area contributed by atoms with Gasteiger partial charge in [-0.1, -0.05) is 0 Å². The average Bonchev–Trinajstić information content (AvgIpc) is 2.69. The van der Waals surface area contributed by atoms with E-state index in [2.05, 4.69) is 10.2 Å². The molecular weight excluding hydrogens is 210 g/mol. The Balaban J connectivity index is 2.70. The maximum Gasteiger partial charge on any atom is 0.305 e. The first-order chi connectivity index (χ1) is 7.52. The van der Waals surface area contributed by atoms with Crippen molar-refractivity contribution in [3.8, 4) is 0 Å². The summed E-state index contributed by atoms with van der Waals surface area (Å²) in [6.45, 7) is 3.89. The molecule has 16 heavy (non-hydrogen) atoms. The minimum absolute atomic E-state index is 0.0462. The SMILES string of the molecule is CC(C)N(CCC(=O)O)C(=O)c1ccn[nH]1. The lowest BCUT2D eigenvalue weighted by atomic mass is 10.2. The summed E-state index contributed by atoms with van der Waals surface area (Å²) in [5.74, 6) is -1.14. The van der Waals surface area contributed by atoms with Gasteiger partial charge in [-0.2, -0.15) is 5.10 Å². The van der Waals surface area contributed by atoms with E-state index in [-0.39, 0.29) is 24.9 Å². The molecule has 0 bridgehead atoms. The molecular formula is C10H15N3O3. The molecule has 0 aliphatic carbocycles. The van der Waals surface area contributed by atoms with Crippen LogP contribution < -0.4 is 0 Å². The van der Waals surface area contributed by atoms with Crippen LogP contribution in [0.1, 0.15) is 30.8 Å². The normalized spacial score (nSPS) is 10.4. The van der Waals surface area contributed by atoms with Gasteiger partial charge in [-0.05, 0) is 19.9 Å². The molecule has 2 N–H and O–H groups in total. The van der Waals surface area contributed by atoms with Gasteiger partial charge >= 0.3 is 5.97 Å². The summed E-state index contributed by atoms with van der Waals surface area (Å²) in [7, 11) is 0. The zero-order chi connectivity index (χ0) is 12.1. The molecule has 1 aromatic rings. The van der Waals surface area contributed by atoms with E-state index >= 15 is 0 Å². The molecule has 0 aromatic carbocycles. The average molecular weight is 225 g/mol. The van der Waals surface area contributed by atoms with E-state index in [9.17, 15) is 9.59 Å². The fraction of sp³-hybridized carbons (Fsp3) is 0.500. The fourth-order valence-corrected chi connectivity index (χ4v) is 1.34. The number of amides is 1. The Labute approximate surface area is 93.3 Å². The Bertz CT molecular complexity index is 359. The third kappa shape index (κ3) is 3.08. The van der Waals surface area contributed by atoms with Gasteiger partial charge in [-0.25, -0.2) is 0 Å². The molecule has 0 saturated carbocycles. The molecule has 6 nitrogen and oxygen atoms in total. The number of H-pyrrole nitrogens is 1. The molecule has 88 valence electrons. The predicted molar refractivity (Wildman–Crippen MR) is 57.0 cm³/mol. The maximum atomic E-state index is 11.9. The van der Waals surface area contributed by atoms with Crippen LogP contribution in [0.5, 0.6) is 0 Å². The van der Waals surface area contributed by atoms with Crippen molar-refractivity contribution in [2.75, 3.05) is 6.54 Å². The van der Waals surface area contributed by atoms with Gasteiger partial charge in [0, 0.05) is 18.8 Å². The number of aromatic amines is 1. The van der Waals surface area contributed by atoms with Crippen LogP contribution in [0.3, 0.4) is 0 Å². The van der Waals surface area contributed by atoms with Crippen molar-refractivity contribution in [3.05, 3.63) is 18.0 Å². The predicted octanol–water partition coefficient (Wildman–Crippen LogP) is 0.735. The summed E-state index contributed by atoms with van der Waals surface area (Å²) in [6, 6.07) is 1.52. The minimum atomic E-state index is -0.914. The Morgan fingerprint density at radius 2 is 2.25 bits per heavy atom. The van der Waals surface area contributed by atoms with Crippen molar-refractivity contribution in [2.24, 2.45) is 0 Å². The van der Waals surface area contributed by atoms with Crippen LogP contribution in [-0.2, 0) is 4.79 Å². The van der Waals surface area contributed by atoms with Crippen LogP contribution in [0.2, 0.25) is 0 Å². The number of rotatable bonds is 5. The van der Waals surface area contributed by atoms with E-state index in [4.69, 9.17) is 5.11 Å². The van der Waals surface area contributed by atoms with Crippen LogP contribution >= 0.6 is 0 Å². The molecule has 1 aromatic heterocycles. The molecule has 0 unspecified atom stereocenters. The summed E-state index contributed by atoms with van der Waals surface area (Å²) >= 11 is 0. The van der Waals surface area contributed by atoms with Gasteiger partial charge in [-0.3, -0.25) is 14.7 Å². The molecule has 1 amide bonds. The second-order valence-corrected chi connectivity index (χ2v) is 3.71. The summed E-state index contributed by atoms with van der Waals surface area (Å²) in [4.78, 5) is 23.9. The molecule has 6 heteroatoms. The highest BCUT2D eigenvalue weighted by Gasteiger charge is 2.20. The number of aliphatic carboxylic acids is 1. The molecule has 1 heterocycles. The van der Waals surface area contributed by atoms with Crippen LogP contribution in [0, 0.1) is 0 Å².